The van der Waals surface area contributed by atoms with Crippen LogP contribution >= 0.6 is 11.6 Å². The van der Waals surface area contributed by atoms with Crippen LogP contribution in [0, 0.1) is 0 Å². The van der Waals surface area contributed by atoms with Crippen molar-refractivity contribution in [1.82, 2.24) is 15.5 Å². The molecule has 0 aliphatic heterocycles. The number of aromatic nitrogens is 2. The number of benzene rings is 1. The number of rotatable bonds is 6. The standard InChI is InChI=1S/C14H16ClN3O3/c1-3-20-9(2)14(19)16-8-12-17-13(18-21-12)10-4-6-11(15)7-5-10/h4-7,9H,3,8H2,1-2H3,(H,16,19)/t9-/m1/s1. The number of carbonyl (C=O) groups excluding carboxylic acids is 1. The van der Waals surface area contributed by atoms with Gasteiger partial charge in [0, 0.05) is 17.2 Å². The van der Waals surface area contributed by atoms with Gasteiger partial charge in [-0.2, -0.15) is 4.98 Å². The summed E-state index contributed by atoms with van der Waals surface area (Å²) in [6, 6.07) is 7.09. The molecule has 1 heterocycles. The number of hydrogen-bond acceptors (Lipinski definition) is 5. The van der Waals surface area contributed by atoms with Crippen LogP contribution in [0.25, 0.3) is 11.4 Å². The first kappa shape index (κ1) is 15.5. The molecular formula is C14H16ClN3O3. The number of nitrogens with zero attached hydrogens (tertiary/aromatic N) is 2. The smallest absolute Gasteiger partial charge is 0.249 e. The number of hydrogen-bond donors (Lipinski definition) is 1. The Bertz CT molecular complexity index is 598. The van der Waals surface area contributed by atoms with Gasteiger partial charge in [0.25, 0.3) is 0 Å². The van der Waals surface area contributed by atoms with E-state index in [-0.39, 0.29) is 12.5 Å². The lowest BCUT2D eigenvalue weighted by Gasteiger charge is -2.10. The maximum absolute atomic E-state index is 11.7. The van der Waals surface area contributed by atoms with E-state index in [9.17, 15) is 4.79 Å². The molecule has 1 amide bonds. The molecule has 7 heteroatoms. The van der Waals surface area contributed by atoms with Crippen molar-refractivity contribution < 1.29 is 14.1 Å². The second kappa shape index (κ2) is 7.19. The highest BCUT2D eigenvalue weighted by Crippen LogP contribution is 2.18. The van der Waals surface area contributed by atoms with Gasteiger partial charge in [0.2, 0.25) is 17.6 Å². The van der Waals surface area contributed by atoms with Crippen LogP contribution in [0.1, 0.15) is 19.7 Å². The minimum absolute atomic E-state index is 0.164. The molecule has 1 aromatic carbocycles. The number of amides is 1. The molecule has 2 rings (SSSR count). The fraction of sp³-hybridized carbons (Fsp3) is 0.357. The van der Waals surface area contributed by atoms with Crippen LogP contribution in [0.3, 0.4) is 0 Å². The Hall–Kier alpha value is -1.92. The van der Waals surface area contributed by atoms with Crippen molar-refractivity contribution >= 4 is 17.5 Å². The van der Waals surface area contributed by atoms with Crippen LogP contribution in [0.5, 0.6) is 0 Å². The molecule has 0 fully saturated rings. The molecule has 6 nitrogen and oxygen atoms in total. The van der Waals surface area contributed by atoms with Crippen molar-refractivity contribution in [3.8, 4) is 11.4 Å². The van der Waals surface area contributed by atoms with Crippen LogP contribution in [0.15, 0.2) is 28.8 Å². The van der Waals surface area contributed by atoms with E-state index in [0.717, 1.165) is 5.56 Å². The third-order valence-electron chi connectivity index (χ3n) is 2.77. The summed E-state index contributed by atoms with van der Waals surface area (Å²) in [6.45, 7) is 4.17. The summed E-state index contributed by atoms with van der Waals surface area (Å²) < 4.78 is 10.3. The maximum atomic E-state index is 11.7. The number of halogens is 1. The predicted molar refractivity (Wildman–Crippen MR) is 77.7 cm³/mol. The zero-order chi connectivity index (χ0) is 15.2. The van der Waals surface area contributed by atoms with E-state index < -0.39 is 6.10 Å². The molecule has 0 saturated heterocycles. The van der Waals surface area contributed by atoms with Crippen molar-refractivity contribution in [1.29, 1.82) is 0 Å². The zero-order valence-electron chi connectivity index (χ0n) is 11.8. The van der Waals surface area contributed by atoms with Crippen molar-refractivity contribution in [3.05, 3.63) is 35.2 Å². The van der Waals surface area contributed by atoms with E-state index in [1.165, 1.54) is 0 Å². The Kier molecular flexibility index (Phi) is 5.30. The molecule has 0 aliphatic rings. The topological polar surface area (TPSA) is 77.2 Å². The summed E-state index contributed by atoms with van der Waals surface area (Å²) in [6.07, 6.45) is -0.506. The first-order valence-corrected chi connectivity index (χ1v) is 6.95. The molecule has 0 unspecified atom stereocenters. The highest BCUT2D eigenvalue weighted by molar-refractivity contribution is 6.30. The molecule has 2 aromatic rings. The maximum Gasteiger partial charge on any atom is 0.249 e. The monoisotopic (exact) mass is 309 g/mol. The second-order valence-electron chi connectivity index (χ2n) is 4.33. The molecule has 1 atom stereocenters. The quantitative estimate of drug-likeness (QED) is 0.886. The highest BCUT2D eigenvalue weighted by Gasteiger charge is 2.14. The average Bonchev–Trinajstić information content (AvgIpc) is 2.94. The van der Waals surface area contributed by atoms with Gasteiger partial charge < -0.3 is 14.6 Å². The summed E-state index contributed by atoms with van der Waals surface area (Å²) >= 11 is 5.82. The normalized spacial score (nSPS) is 12.1. The van der Waals surface area contributed by atoms with Gasteiger partial charge >= 0.3 is 0 Å². The van der Waals surface area contributed by atoms with E-state index in [1.807, 2.05) is 6.92 Å². The average molecular weight is 310 g/mol. The molecule has 0 aliphatic carbocycles. The van der Waals surface area contributed by atoms with Crippen molar-refractivity contribution in [2.45, 2.75) is 26.5 Å². The SMILES string of the molecule is CCO[C@H](C)C(=O)NCc1nc(-c2ccc(Cl)cc2)no1. The Morgan fingerprint density at radius 3 is 2.81 bits per heavy atom. The van der Waals surface area contributed by atoms with E-state index in [4.69, 9.17) is 20.9 Å². The molecular weight excluding hydrogens is 294 g/mol. The van der Waals surface area contributed by atoms with Crippen molar-refractivity contribution in [2.24, 2.45) is 0 Å². The lowest BCUT2D eigenvalue weighted by molar-refractivity contribution is -0.131. The van der Waals surface area contributed by atoms with Gasteiger partial charge in [0.15, 0.2) is 0 Å². The molecule has 0 bridgehead atoms. The van der Waals surface area contributed by atoms with E-state index in [1.54, 1.807) is 31.2 Å². The van der Waals surface area contributed by atoms with Gasteiger partial charge in [-0.1, -0.05) is 16.8 Å². The third kappa shape index (κ3) is 4.27. The molecule has 0 saturated carbocycles. The number of ether oxygens (including phenoxy) is 1. The van der Waals surface area contributed by atoms with Gasteiger partial charge in [0.05, 0.1) is 6.54 Å². The van der Waals surface area contributed by atoms with Gasteiger partial charge in [-0.05, 0) is 38.1 Å². The lowest BCUT2D eigenvalue weighted by atomic mass is 10.2. The van der Waals surface area contributed by atoms with Crippen LogP contribution in [0.4, 0.5) is 0 Å². The van der Waals surface area contributed by atoms with E-state index >= 15 is 0 Å². The largest absolute Gasteiger partial charge is 0.369 e. The molecule has 21 heavy (non-hydrogen) atoms. The Labute approximate surface area is 127 Å². The Morgan fingerprint density at radius 1 is 1.43 bits per heavy atom. The van der Waals surface area contributed by atoms with Gasteiger partial charge in [-0.25, -0.2) is 0 Å². The Morgan fingerprint density at radius 2 is 2.14 bits per heavy atom. The number of carbonyl (C=O) groups is 1. The van der Waals surface area contributed by atoms with Crippen molar-refractivity contribution in [2.75, 3.05) is 6.61 Å². The molecule has 1 aromatic heterocycles. The fourth-order valence-electron chi connectivity index (χ4n) is 1.68. The van der Waals surface area contributed by atoms with Crippen LogP contribution in [0.2, 0.25) is 5.02 Å². The first-order chi connectivity index (χ1) is 10.1. The molecule has 0 radical (unpaired) electrons. The second-order valence-corrected chi connectivity index (χ2v) is 4.77. The first-order valence-electron chi connectivity index (χ1n) is 6.58. The molecule has 112 valence electrons. The fourth-order valence-corrected chi connectivity index (χ4v) is 1.80. The van der Waals surface area contributed by atoms with Crippen LogP contribution in [-0.2, 0) is 16.1 Å². The summed E-state index contributed by atoms with van der Waals surface area (Å²) in [5, 5.41) is 7.18. The van der Waals surface area contributed by atoms with Gasteiger partial charge in [-0.15, -0.1) is 0 Å². The Balaban J connectivity index is 1.94. The summed E-state index contributed by atoms with van der Waals surface area (Å²) in [5.74, 6) is 0.564. The molecule has 0 spiro atoms. The van der Waals surface area contributed by atoms with E-state index in [0.29, 0.717) is 23.3 Å². The molecule has 1 N–H and O–H groups in total. The minimum Gasteiger partial charge on any atom is -0.369 e. The predicted octanol–water partition coefficient (Wildman–Crippen LogP) is 2.43. The zero-order valence-corrected chi connectivity index (χ0v) is 12.6. The van der Waals surface area contributed by atoms with Gasteiger partial charge in [0.1, 0.15) is 6.10 Å². The van der Waals surface area contributed by atoms with Gasteiger partial charge in [-0.3, -0.25) is 4.79 Å². The van der Waals surface area contributed by atoms with E-state index in [2.05, 4.69) is 15.5 Å². The van der Waals surface area contributed by atoms with Crippen LogP contribution in [-0.4, -0.2) is 28.8 Å². The van der Waals surface area contributed by atoms with Crippen LogP contribution < -0.4 is 5.32 Å². The highest BCUT2D eigenvalue weighted by atomic mass is 35.5. The third-order valence-corrected chi connectivity index (χ3v) is 3.02. The van der Waals surface area contributed by atoms with Crippen molar-refractivity contribution in [3.63, 3.8) is 0 Å². The summed E-state index contributed by atoms with van der Waals surface area (Å²) in [4.78, 5) is 15.9. The minimum atomic E-state index is -0.506. The summed E-state index contributed by atoms with van der Waals surface area (Å²) in [7, 11) is 0. The number of nitrogens with one attached hydrogen (secondary N) is 1. The summed E-state index contributed by atoms with van der Waals surface area (Å²) in [5.41, 5.74) is 0.795. The lowest BCUT2D eigenvalue weighted by Crippen LogP contribution is -2.34.